The van der Waals surface area contributed by atoms with Crippen LogP contribution in [0.25, 0.3) is 0 Å². The van der Waals surface area contributed by atoms with Crippen molar-refractivity contribution in [3.05, 3.63) is 90.0 Å². The first-order valence-electron chi connectivity index (χ1n) is 9.40. The molecule has 3 rings (SSSR count). The molecular weight excluding hydrogens is 382 g/mol. The third-order valence-electron chi connectivity index (χ3n) is 4.61. The van der Waals surface area contributed by atoms with E-state index in [0.29, 0.717) is 0 Å². The van der Waals surface area contributed by atoms with Crippen molar-refractivity contribution in [3.8, 4) is 11.5 Å². The number of carbonyl (C=O) groups is 1. The molecule has 0 bridgehead atoms. The van der Waals surface area contributed by atoms with Crippen LogP contribution in [0.15, 0.2) is 83.8 Å². The molecule has 0 saturated heterocycles. The van der Waals surface area contributed by atoms with Crippen molar-refractivity contribution in [1.29, 1.82) is 0 Å². The molecule has 1 amide bonds. The van der Waals surface area contributed by atoms with E-state index in [1.807, 2.05) is 85.8 Å². The van der Waals surface area contributed by atoms with Crippen LogP contribution in [0.1, 0.15) is 24.1 Å². The summed E-state index contributed by atoms with van der Waals surface area (Å²) < 4.78 is 10.5. The van der Waals surface area contributed by atoms with Gasteiger partial charge in [-0.15, -0.1) is 11.8 Å². The molecule has 150 valence electrons. The Morgan fingerprint density at radius 2 is 1.28 bits per heavy atom. The summed E-state index contributed by atoms with van der Waals surface area (Å²) in [7, 11) is 3.28. The summed E-state index contributed by atoms with van der Waals surface area (Å²) in [5.41, 5.74) is 1.97. The van der Waals surface area contributed by atoms with Gasteiger partial charge in [0.2, 0.25) is 5.91 Å². The summed E-state index contributed by atoms with van der Waals surface area (Å²) in [6.45, 7) is 1.92. The number of benzene rings is 3. The van der Waals surface area contributed by atoms with Gasteiger partial charge in [-0.1, -0.05) is 42.5 Å². The largest absolute Gasteiger partial charge is 0.497 e. The number of carbonyl (C=O) groups excluding carboxylic acids is 1. The van der Waals surface area contributed by atoms with E-state index in [0.717, 1.165) is 27.5 Å². The van der Waals surface area contributed by atoms with Gasteiger partial charge in [0, 0.05) is 4.90 Å². The van der Waals surface area contributed by atoms with Crippen molar-refractivity contribution in [3.63, 3.8) is 0 Å². The zero-order chi connectivity index (χ0) is 20.6. The Morgan fingerprint density at radius 3 is 1.72 bits per heavy atom. The second kappa shape index (κ2) is 10.0. The van der Waals surface area contributed by atoms with E-state index >= 15 is 0 Å². The van der Waals surface area contributed by atoms with Gasteiger partial charge in [0.25, 0.3) is 0 Å². The fraction of sp³-hybridized carbons (Fsp3) is 0.208. The van der Waals surface area contributed by atoms with Crippen LogP contribution in [0.4, 0.5) is 0 Å². The Hall–Kier alpha value is -2.92. The molecule has 0 aliphatic rings. The Labute approximate surface area is 176 Å². The van der Waals surface area contributed by atoms with Crippen LogP contribution in [0, 0.1) is 0 Å². The molecule has 3 aromatic carbocycles. The number of nitrogens with one attached hydrogen (secondary N) is 1. The van der Waals surface area contributed by atoms with Gasteiger partial charge in [0.15, 0.2) is 0 Å². The molecule has 0 saturated carbocycles. The topological polar surface area (TPSA) is 47.6 Å². The fourth-order valence-corrected chi connectivity index (χ4v) is 3.87. The molecule has 0 aromatic heterocycles. The molecule has 4 nitrogen and oxygen atoms in total. The van der Waals surface area contributed by atoms with Gasteiger partial charge in [-0.2, -0.15) is 0 Å². The maximum absolute atomic E-state index is 13.0. The van der Waals surface area contributed by atoms with Crippen LogP contribution in [0.2, 0.25) is 0 Å². The van der Waals surface area contributed by atoms with E-state index < -0.39 is 0 Å². The lowest BCUT2D eigenvalue weighted by Gasteiger charge is -2.22. The lowest BCUT2D eigenvalue weighted by molar-refractivity contribution is -0.120. The number of thioether (sulfide) groups is 1. The van der Waals surface area contributed by atoms with E-state index in [9.17, 15) is 4.79 Å². The highest BCUT2D eigenvalue weighted by atomic mass is 32.2. The molecule has 5 heteroatoms. The minimum atomic E-state index is -0.266. The summed E-state index contributed by atoms with van der Waals surface area (Å²) in [6.07, 6.45) is 0. The molecule has 0 radical (unpaired) electrons. The number of rotatable bonds is 8. The molecule has 0 aliphatic heterocycles. The Morgan fingerprint density at radius 1 is 0.793 bits per heavy atom. The van der Waals surface area contributed by atoms with Crippen LogP contribution in [-0.4, -0.2) is 25.4 Å². The Balaban J connectivity index is 1.82. The highest BCUT2D eigenvalue weighted by Crippen LogP contribution is 2.28. The molecule has 29 heavy (non-hydrogen) atoms. The minimum absolute atomic E-state index is 0.0181. The maximum Gasteiger partial charge on any atom is 0.233 e. The molecule has 0 fully saturated rings. The van der Waals surface area contributed by atoms with Crippen LogP contribution >= 0.6 is 11.8 Å². The van der Waals surface area contributed by atoms with Gasteiger partial charge in [-0.05, 0) is 54.4 Å². The average molecular weight is 408 g/mol. The first-order valence-corrected chi connectivity index (χ1v) is 10.3. The predicted octanol–water partition coefficient (Wildman–Crippen LogP) is 5.09. The van der Waals surface area contributed by atoms with Gasteiger partial charge in [-0.25, -0.2) is 0 Å². The molecule has 1 N–H and O–H groups in total. The van der Waals surface area contributed by atoms with Crippen LogP contribution in [-0.2, 0) is 4.79 Å². The summed E-state index contributed by atoms with van der Waals surface area (Å²) in [6, 6.07) is 25.2. The predicted molar refractivity (Wildman–Crippen MR) is 118 cm³/mol. The SMILES string of the molecule is COc1ccc(C(NC(=O)C(C)Sc2ccccc2)c2ccc(OC)cc2)cc1. The summed E-state index contributed by atoms with van der Waals surface area (Å²) in [5.74, 6) is 1.54. The quantitative estimate of drug-likeness (QED) is 0.529. The van der Waals surface area contributed by atoms with Crippen LogP contribution in [0.3, 0.4) is 0 Å². The number of hydrogen-bond donors (Lipinski definition) is 1. The van der Waals surface area contributed by atoms with Crippen LogP contribution in [0.5, 0.6) is 11.5 Å². The molecular formula is C24H25NO3S. The van der Waals surface area contributed by atoms with Crippen molar-refractivity contribution in [2.24, 2.45) is 0 Å². The minimum Gasteiger partial charge on any atom is -0.497 e. The van der Waals surface area contributed by atoms with E-state index in [1.54, 1.807) is 26.0 Å². The van der Waals surface area contributed by atoms with E-state index in [4.69, 9.17) is 9.47 Å². The van der Waals surface area contributed by atoms with Crippen molar-refractivity contribution in [1.82, 2.24) is 5.32 Å². The van der Waals surface area contributed by atoms with E-state index in [1.165, 1.54) is 0 Å². The lowest BCUT2D eigenvalue weighted by atomic mass is 9.98. The molecule has 3 aromatic rings. The number of ether oxygens (including phenoxy) is 2. The van der Waals surface area contributed by atoms with Crippen molar-refractivity contribution >= 4 is 17.7 Å². The smallest absolute Gasteiger partial charge is 0.233 e. The number of hydrogen-bond acceptors (Lipinski definition) is 4. The maximum atomic E-state index is 13.0. The number of amides is 1. The second-order valence-corrected chi connectivity index (χ2v) is 7.98. The fourth-order valence-electron chi connectivity index (χ4n) is 2.97. The van der Waals surface area contributed by atoms with Crippen molar-refractivity contribution in [2.75, 3.05) is 14.2 Å². The van der Waals surface area contributed by atoms with Gasteiger partial charge in [0.05, 0.1) is 25.5 Å². The van der Waals surface area contributed by atoms with E-state index in [-0.39, 0.29) is 17.2 Å². The highest BCUT2D eigenvalue weighted by Gasteiger charge is 2.21. The molecule has 0 heterocycles. The summed E-state index contributed by atoms with van der Waals surface area (Å²) in [5, 5.41) is 2.98. The summed E-state index contributed by atoms with van der Waals surface area (Å²) >= 11 is 1.54. The lowest BCUT2D eigenvalue weighted by Crippen LogP contribution is -2.34. The standard InChI is InChI=1S/C24H25NO3S/c1-17(29-22-7-5-4-6-8-22)24(26)25-23(18-9-13-20(27-2)14-10-18)19-11-15-21(28-3)16-12-19/h4-17,23H,1-3H3,(H,25,26). The number of methoxy groups -OCH3 is 2. The monoisotopic (exact) mass is 407 g/mol. The Bertz CT molecular complexity index is 864. The first-order chi connectivity index (χ1) is 14.1. The van der Waals surface area contributed by atoms with E-state index in [2.05, 4.69) is 5.32 Å². The zero-order valence-corrected chi connectivity index (χ0v) is 17.6. The van der Waals surface area contributed by atoms with Crippen LogP contribution < -0.4 is 14.8 Å². The van der Waals surface area contributed by atoms with Gasteiger partial charge < -0.3 is 14.8 Å². The molecule has 1 atom stereocenters. The van der Waals surface area contributed by atoms with Gasteiger partial charge >= 0.3 is 0 Å². The molecule has 0 spiro atoms. The molecule has 0 aliphatic carbocycles. The van der Waals surface area contributed by atoms with Crippen molar-refractivity contribution in [2.45, 2.75) is 23.1 Å². The zero-order valence-electron chi connectivity index (χ0n) is 16.8. The Kier molecular flexibility index (Phi) is 7.19. The third-order valence-corrected chi connectivity index (χ3v) is 5.72. The first kappa shape index (κ1) is 20.8. The normalized spacial score (nSPS) is 11.7. The highest BCUT2D eigenvalue weighted by molar-refractivity contribution is 8.00. The summed E-state index contributed by atoms with van der Waals surface area (Å²) in [4.78, 5) is 14.0. The average Bonchev–Trinajstić information content (AvgIpc) is 2.78. The second-order valence-electron chi connectivity index (χ2n) is 6.56. The van der Waals surface area contributed by atoms with Crippen molar-refractivity contribution < 1.29 is 14.3 Å². The molecule has 1 unspecified atom stereocenters. The third kappa shape index (κ3) is 5.55. The van der Waals surface area contributed by atoms with Gasteiger partial charge in [-0.3, -0.25) is 4.79 Å². The van der Waals surface area contributed by atoms with Gasteiger partial charge in [0.1, 0.15) is 11.5 Å².